The molecule has 10 heteroatoms. The van der Waals surface area contributed by atoms with Gasteiger partial charge in [0.25, 0.3) is 0 Å². The van der Waals surface area contributed by atoms with Gasteiger partial charge in [-0.1, -0.05) is 50.6 Å². The summed E-state index contributed by atoms with van der Waals surface area (Å²) in [5.74, 6) is 0.407. The van der Waals surface area contributed by atoms with E-state index >= 15 is 0 Å². The number of aromatic nitrogens is 4. The molecule has 2 aromatic heterocycles. The van der Waals surface area contributed by atoms with Gasteiger partial charge in [0.15, 0.2) is 5.76 Å². The Morgan fingerprint density at radius 2 is 1.90 bits per heavy atom. The normalized spacial score (nSPS) is 12.8. The maximum absolute atomic E-state index is 12.9. The van der Waals surface area contributed by atoms with Crippen LogP contribution in [0.25, 0.3) is 11.3 Å². The second-order valence-corrected chi connectivity index (χ2v) is 7.88. The molecule has 160 valence electrons. The molecule has 0 saturated heterocycles. The minimum Gasteiger partial charge on any atom is -0.382 e. The van der Waals surface area contributed by atoms with Crippen LogP contribution in [0.5, 0.6) is 0 Å². The van der Waals surface area contributed by atoms with Crippen LogP contribution < -0.4 is 0 Å². The van der Waals surface area contributed by atoms with Gasteiger partial charge in [-0.3, -0.25) is 0 Å². The molecule has 4 aromatic rings. The second-order valence-electron chi connectivity index (χ2n) is 6.96. The zero-order valence-electron chi connectivity index (χ0n) is 16.1. The van der Waals surface area contributed by atoms with Crippen molar-refractivity contribution in [1.29, 1.82) is 0 Å². The summed E-state index contributed by atoms with van der Waals surface area (Å²) in [4.78, 5) is 0. The van der Waals surface area contributed by atoms with E-state index in [2.05, 4.69) is 31.4 Å². The SMILES string of the molecule is Cc1noc(-c2ccc(Br)cc2)c1C(O)c1cn(Cc2cccc(C(F)(F)F)c2)nn1. The van der Waals surface area contributed by atoms with Crippen molar-refractivity contribution in [2.45, 2.75) is 25.7 Å². The largest absolute Gasteiger partial charge is 0.416 e. The number of halogens is 4. The first-order chi connectivity index (χ1) is 14.7. The summed E-state index contributed by atoms with van der Waals surface area (Å²) in [7, 11) is 0. The molecule has 0 saturated carbocycles. The maximum Gasteiger partial charge on any atom is 0.416 e. The lowest BCUT2D eigenvalue weighted by molar-refractivity contribution is -0.137. The number of nitrogens with zero attached hydrogens (tertiary/aromatic N) is 4. The van der Waals surface area contributed by atoms with Gasteiger partial charge in [-0.2, -0.15) is 13.2 Å². The molecule has 0 aliphatic heterocycles. The van der Waals surface area contributed by atoms with Crippen LogP contribution in [0.2, 0.25) is 0 Å². The average Bonchev–Trinajstić information content (AvgIpc) is 3.34. The van der Waals surface area contributed by atoms with E-state index in [1.165, 1.54) is 16.9 Å². The van der Waals surface area contributed by atoms with E-state index < -0.39 is 17.8 Å². The van der Waals surface area contributed by atoms with Crippen LogP contribution in [-0.4, -0.2) is 25.3 Å². The lowest BCUT2D eigenvalue weighted by atomic mass is 10.0. The summed E-state index contributed by atoms with van der Waals surface area (Å²) in [5, 5.41) is 22.8. The molecule has 2 heterocycles. The number of hydrogen-bond acceptors (Lipinski definition) is 5. The number of aliphatic hydroxyl groups is 1. The molecular formula is C21H16BrF3N4O2. The Morgan fingerprint density at radius 1 is 1.16 bits per heavy atom. The van der Waals surface area contributed by atoms with Crippen molar-refractivity contribution in [3.63, 3.8) is 0 Å². The molecule has 31 heavy (non-hydrogen) atoms. The smallest absolute Gasteiger partial charge is 0.382 e. The minimum atomic E-state index is -4.42. The van der Waals surface area contributed by atoms with E-state index in [4.69, 9.17) is 4.52 Å². The number of rotatable bonds is 5. The Morgan fingerprint density at radius 3 is 2.61 bits per heavy atom. The van der Waals surface area contributed by atoms with Crippen LogP contribution in [-0.2, 0) is 12.7 Å². The van der Waals surface area contributed by atoms with E-state index in [-0.39, 0.29) is 12.2 Å². The number of alkyl halides is 3. The van der Waals surface area contributed by atoms with Crippen molar-refractivity contribution >= 4 is 15.9 Å². The Hall–Kier alpha value is -2.98. The van der Waals surface area contributed by atoms with Crippen LogP contribution in [0.4, 0.5) is 13.2 Å². The fraction of sp³-hybridized carbons (Fsp3) is 0.190. The predicted molar refractivity (Wildman–Crippen MR) is 109 cm³/mol. The summed E-state index contributed by atoms with van der Waals surface area (Å²) in [6.45, 7) is 1.78. The molecule has 2 aromatic carbocycles. The Labute approximate surface area is 183 Å². The van der Waals surface area contributed by atoms with Gasteiger partial charge < -0.3 is 9.63 Å². The molecule has 1 atom stereocenters. The molecule has 4 rings (SSSR count). The van der Waals surface area contributed by atoms with Gasteiger partial charge in [-0.25, -0.2) is 4.68 Å². The number of benzene rings is 2. The highest BCUT2D eigenvalue weighted by atomic mass is 79.9. The van der Waals surface area contributed by atoms with Crippen molar-refractivity contribution in [3.05, 3.63) is 87.3 Å². The summed E-state index contributed by atoms with van der Waals surface area (Å²) < 4.78 is 46.5. The molecule has 0 radical (unpaired) electrons. The van der Waals surface area contributed by atoms with Crippen molar-refractivity contribution in [1.82, 2.24) is 20.2 Å². The highest BCUT2D eigenvalue weighted by Gasteiger charge is 2.30. The highest BCUT2D eigenvalue weighted by molar-refractivity contribution is 9.10. The first-order valence-electron chi connectivity index (χ1n) is 9.18. The number of hydrogen-bond donors (Lipinski definition) is 1. The summed E-state index contributed by atoms with van der Waals surface area (Å²) in [6, 6.07) is 12.3. The second kappa shape index (κ2) is 8.27. The first-order valence-corrected chi connectivity index (χ1v) is 9.98. The van der Waals surface area contributed by atoms with E-state index in [0.717, 1.165) is 22.2 Å². The molecular weight excluding hydrogens is 477 g/mol. The predicted octanol–water partition coefficient (Wildman–Crippen LogP) is 5.15. The average molecular weight is 493 g/mol. The Bertz CT molecular complexity index is 1200. The van der Waals surface area contributed by atoms with Crippen molar-refractivity contribution in [3.8, 4) is 11.3 Å². The Balaban J connectivity index is 1.59. The number of aryl methyl sites for hydroxylation is 1. The zero-order valence-corrected chi connectivity index (χ0v) is 17.7. The van der Waals surface area contributed by atoms with Crippen molar-refractivity contribution in [2.75, 3.05) is 0 Å². The van der Waals surface area contributed by atoms with Gasteiger partial charge >= 0.3 is 6.18 Å². The topological polar surface area (TPSA) is 77.0 Å². The lowest BCUT2D eigenvalue weighted by Crippen LogP contribution is -2.07. The molecule has 1 N–H and O–H groups in total. The van der Waals surface area contributed by atoms with E-state index in [9.17, 15) is 18.3 Å². The molecule has 6 nitrogen and oxygen atoms in total. The van der Waals surface area contributed by atoms with Gasteiger partial charge in [0, 0.05) is 10.0 Å². The van der Waals surface area contributed by atoms with Crippen LogP contribution in [0.1, 0.15) is 34.2 Å². The molecule has 0 fully saturated rings. The highest BCUT2D eigenvalue weighted by Crippen LogP contribution is 2.34. The van der Waals surface area contributed by atoms with Crippen molar-refractivity contribution < 1.29 is 22.8 Å². The zero-order chi connectivity index (χ0) is 22.2. The fourth-order valence-electron chi connectivity index (χ4n) is 3.21. The lowest BCUT2D eigenvalue weighted by Gasteiger charge is -2.09. The summed E-state index contributed by atoms with van der Waals surface area (Å²) in [5.41, 5.74) is 1.60. The third kappa shape index (κ3) is 4.54. The third-order valence-corrected chi connectivity index (χ3v) is 5.25. The summed E-state index contributed by atoms with van der Waals surface area (Å²) >= 11 is 3.37. The van der Waals surface area contributed by atoms with Crippen LogP contribution in [0, 0.1) is 6.92 Å². The van der Waals surface area contributed by atoms with Gasteiger partial charge in [-0.15, -0.1) is 5.10 Å². The molecule has 0 aliphatic carbocycles. The van der Waals surface area contributed by atoms with E-state index in [1.54, 1.807) is 13.0 Å². The van der Waals surface area contributed by atoms with Gasteiger partial charge in [0.2, 0.25) is 0 Å². The van der Waals surface area contributed by atoms with Gasteiger partial charge in [0.1, 0.15) is 11.8 Å². The van der Waals surface area contributed by atoms with Crippen LogP contribution >= 0.6 is 15.9 Å². The summed E-state index contributed by atoms with van der Waals surface area (Å²) in [6.07, 6.45) is -4.10. The fourth-order valence-corrected chi connectivity index (χ4v) is 3.47. The van der Waals surface area contributed by atoms with Gasteiger partial charge in [0.05, 0.1) is 29.6 Å². The quantitative estimate of drug-likeness (QED) is 0.416. The Kier molecular flexibility index (Phi) is 5.67. The molecule has 0 aliphatic rings. The first kappa shape index (κ1) is 21.3. The van der Waals surface area contributed by atoms with Crippen molar-refractivity contribution in [2.24, 2.45) is 0 Å². The van der Waals surface area contributed by atoms with E-state index in [1.807, 2.05) is 24.3 Å². The van der Waals surface area contributed by atoms with Crippen LogP contribution in [0.15, 0.2) is 63.7 Å². The van der Waals surface area contributed by atoms with E-state index in [0.29, 0.717) is 22.6 Å². The number of aliphatic hydroxyl groups excluding tert-OH is 1. The van der Waals surface area contributed by atoms with Gasteiger partial charge in [-0.05, 0) is 36.8 Å². The van der Waals surface area contributed by atoms with Crippen LogP contribution in [0.3, 0.4) is 0 Å². The monoisotopic (exact) mass is 492 g/mol. The maximum atomic E-state index is 12.9. The molecule has 0 spiro atoms. The molecule has 0 bridgehead atoms. The standard InChI is InChI=1S/C21H16BrF3N4O2/c1-12-18(20(31-27-12)14-5-7-16(22)8-6-14)19(30)17-11-29(28-26-17)10-13-3-2-4-15(9-13)21(23,24)25/h2-9,11,19,30H,10H2,1H3. The molecule has 0 amide bonds. The molecule has 1 unspecified atom stereocenters. The minimum absolute atomic E-state index is 0.0752. The third-order valence-electron chi connectivity index (χ3n) is 4.72.